The van der Waals surface area contributed by atoms with Gasteiger partial charge in [0.2, 0.25) is 5.91 Å². The molecule has 1 aliphatic carbocycles. The second-order valence-electron chi connectivity index (χ2n) is 7.79. The van der Waals surface area contributed by atoms with Crippen LogP contribution in [-0.2, 0) is 10.2 Å². The Labute approximate surface area is 135 Å². The lowest BCUT2D eigenvalue weighted by atomic mass is 9.77. The molecule has 4 rings (SSSR count). The number of anilines is 1. The average molecular weight is 313 g/mol. The second kappa shape index (κ2) is 4.94. The van der Waals surface area contributed by atoms with E-state index < -0.39 is 0 Å². The standard InChI is InChI=1S/C17H23N5O/c1-17(2,3)12-8-11(19-20-12)10-7-13(23)18-16-14(10)15(21-22-16)9-5-4-6-9/h8-10H,4-7H2,1-3H3,(H,19,20)(H2,18,21,22,23). The summed E-state index contributed by atoms with van der Waals surface area (Å²) in [5.74, 6) is 1.27. The van der Waals surface area contributed by atoms with E-state index in [4.69, 9.17) is 0 Å². The van der Waals surface area contributed by atoms with E-state index in [1.807, 2.05) is 0 Å². The Morgan fingerprint density at radius 3 is 2.57 bits per heavy atom. The molecule has 0 radical (unpaired) electrons. The first kappa shape index (κ1) is 14.5. The van der Waals surface area contributed by atoms with E-state index in [0.717, 1.165) is 17.0 Å². The van der Waals surface area contributed by atoms with Gasteiger partial charge in [0.05, 0.1) is 5.69 Å². The molecule has 0 bridgehead atoms. The Bertz CT molecular complexity index is 747. The lowest BCUT2D eigenvalue weighted by Crippen LogP contribution is -2.25. The molecule has 0 saturated heterocycles. The second-order valence-corrected chi connectivity index (χ2v) is 7.79. The van der Waals surface area contributed by atoms with Gasteiger partial charge in [0.1, 0.15) is 0 Å². The first-order valence-corrected chi connectivity index (χ1v) is 8.37. The van der Waals surface area contributed by atoms with Crippen molar-refractivity contribution in [3.8, 4) is 0 Å². The van der Waals surface area contributed by atoms with Crippen molar-refractivity contribution in [1.29, 1.82) is 0 Å². The van der Waals surface area contributed by atoms with Crippen LogP contribution >= 0.6 is 0 Å². The zero-order valence-electron chi connectivity index (χ0n) is 13.9. The quantitative estimate of drug-likeness (QED) is 0.796. The number of aromatic nitrogens is 4. The number of hydrogen-bond acceptors (Lipinski definition) is 3. The van der Waals surface area contributed by atoms with Crippen LogP contribution in [0.2, 0.25) is 0 Å². The molecule has 122 valence electrons. The molecule has 1 fully saturated rings. The zero-order chi connectivity index (χ0) is 16.2. The van der Waals surface area contributed by atoms with E-state index in [2.05, 4.69) is 52.5 Å². The van der Waals surface area contributed by atoms with Gasteiger partial charge in [-0.2, -0.15) is 10.2 Å². The fraction of sp³-hybridized carbons (Fsp3) is 0.588. The Balaban J connectivity index is 1.76. The predicted octanol–water partition coefficient (Wildman–Crippen LogP) is 3.17. The molecule has 2 aromatic rings. The maximum Gasteiger partial charge on any atom is 0.226 e. The number of amides is 1. The number of carbonyl (C=O) groups excluding carboxylic acids is 1. The van der Waals surface area contributed by atoms with E-state index in [9.17, 15) is 4.79 Å². The highest BCUT2D eigenvalue weighted by Crippen LogP contribution is 2.45. The summed E-state index contributed by atoms with van der Waals surface area (Å²) in [6, 6.07) is 2.10. The molecule has 23 heavy (non-hydrogen) atoms. The van der Waals surface area contributed by atoms with Crippen molar-refractivity contribution in [2.45, 2.75) is 63.7 Å². The van der Waals surface area contributed by atoms with Crippen molar-refractivity contribution in [1.82, 2.24) is 20.4 Å². The van der Waals surface area contributed by atoms with Gasteiger partial charge in [-0.1, -0.05) is 27.2 Å². The molecule has 1 unspecified atom stereocenters. The third-order valence-electron chi connectivity index (χ3n) is 5.08. The van der Waals surface area contributed by atoms with Gasteiger partial charge < -0.3 is 5.32 Å². The highest BCUT2D eigenvalue weighted by molar-refractivity contribution is 5.94. The molecule has 2 aromatic heterocycles. The maximum absolute atomic E-state index is 12.1. The molecule has 1 aliphatic heterocycles. The van der Waals surface area contributed by atoms with E-state index in [1.165, 1.54) is 25.0 Å². The molecule has 0 spiro atoms. The topological polar surface area (TPSA) is 86.5 Å². The molecular formula is C17H23N5O. The highest BCUT2D eigenvalue weighted by atomic mass is 16.1. The van der Waals surface area contributed by atoms with Gasteiger partial charge >= 0.3 is 0 Å². The number of nitrogens with one attached hydrogen (secondary N) is 3. The molecule has 6 nitrogen and oxygen atoms in total. The van der Waals surface area contributed by atoms with E-state index in [-0.39, 0.29) is 17.2 Å². The summed E-state index contributed by atoms with van der Waals surface area (Å²) < 4.78 is 0. The summed E-state index contributed by atoms with van der Waals surface area (Å²) in [6.07, 6.45) is 4.11. The molecule has 6 heteroatoms. The van der Waals surface area contributed by atoms with Crippen LogP contribution in [0.3, 0.4) is 0 Å². The molecule has 3 heterocycles. The van der Waals surface area contributed by atoms with Crippen molar-refractivity contribution in [3.05, 3.63) is 28.7 Å². The third-order valence-corrected chi connectivity index (χ3v) is 5.08. The highest BCUT2D eigenvalue weighted by Gasteiger charge is 2.36. The number of H-pyrrole nitrogens is 2. The minimum atomic E-state index is -0.0122. The summed E-state index contributed by atoms with van der Waals surface area (Å²) >= 11 is 0. The van der Waals surface area contributed by atoms with E-state index >= 15 is 0 Å². The van der Waals surface area contributed by atoms with Gasteiger partial charge in [-0.3, -0.25) is 15.0 Å². The molecule has 2 aliphatic rings. The first-order valence-electron chi connectivity index (χ1n) is 8.37. The molecule has 0 aromatic carbocycles. The Morgan fingerprint density at radius 2 is 1.96 bits per heavy atom. The van der Waals surface area contributed by atoms with Gasteiger partial charge in [-0.05, 0) is 18.9 Å². The largest absolute Gasteiger partial charge is 0.309 e. The summed E-state index contributed by atoms with van der Waals surface area (Å²) in [5.41, 5.74) is 4.37. The molecule has 1 saturated carbocycles. The number of aromatic amines is 2. The summed E-state index contributed by atoms with van der Waals surface area (Å²) in [7, 11) is 0. The minimum Gasteiger partial charge on any atom is -0.309 e. The average Bonchev–Trinajstić information content (AvgIpc) is 3.02. The predicted molar refractivity (Wildman–Crippen MR) is 87.6 cm³/mol. The van der Waals surface area contributed by atoms with Crippen molar-refractivity contribution in [3.63, 3.8) is 0 Å². The number of fused-ring (bicyclic) bond motifs is 1. The SMILES string of the molecule is CC(C)(C)c1cc(C2CC(=O)Nc3n[nH]c(C4CCC4)c32)[nH]n1. The van der Waals surface area contributed by atoms with Gasteiger partial charge in [-0.15, -0.1) is 0 Å². The van der Waals surface area contributed by atoms with Crippen molar-refractivity contribution in [2.24, 2.45) is 0 Å². The fourth-order valence-corrected chi connectivity index (χ4v) is 3.46. The van der Waals surface area contributed by atoms with Crippen molar-refractivity contribution in [2.75, 3.05) is 5.32 Å². The number of carbonyl (C=O) groups is 1. The van der Waals surface area contributed by atoms with Gasteiger partial charge in [0, 0.05) is 40.6 Å². The monoisotopic (exact) mass is 313 g/mol. The zero-order valence-corrected chi connectivity index (χ0v) is 13.9. The molecular weight excluding hydrogens is 290 g/mol. The van der Waals surface area contributed by atoms with Gasteiger partial charge in [0.25, 0.3) is 0 Å². The third kappa shape index (κ3) is 2.36. The number of nitrogens with zero attached hydrogens (tertiary/aromatic N) is 2. The normalized spacial score (nSPS) is 21.7. The van der Waals surface area contributed by atoms with Crippen LogP contribution in [0.4, 0.5) is 5.82 Å². The summed E-state index contributed by atoms with van der Waals surface area (Å²) in [4.78, 5) is 12.1. The molecule has 1 atom stereocenters. The summed E-state index contributed by atoms with van der Waals surface area (Å²) in [5, 5.41) is 18.1. The van der Waals surface area contributed by atoms with Crippen LogP contribution in [0.15, 0.2) is 6.07 Å². The van der Waals surface area contributed by atoms with Gasteiger partial charge in [0.15, 0.2) is 5.82 Å². The van der Waals surface area contributed by atoms with Crippen LogP contribution in [-0.4, -0.2) is 26.3 Å². The van der Waals surface area contributed by atoms with Gasteiger partial charge in [-0.25, -0.2) is 0 Å². The molecule has 3 N–H and O–H groups in total. The first-order chi connectivity index (χ1) is 10.9. The number of hydrogen-bond donors (Lipinski definition) is 3. The minimum absolute atomic E-state index is 0.0108. The van der Waals surface area contributed by atoms with Crippen molar-refractivity contribution < 1.29 is 4.79 Å². The fourth-order valence-electron chi connectivity index (χ4n) is 3.46. The van der Waals surface area contributed by atoms with Crippen LogP contribution in [0, 0.1) is 0 Å². The van der Waals surface area contributed by atoms with E-state index in [1.54, 1.807) is 0 Å². The lowest BCUT2D eigenvalue weighted by molar-refractivity contribution is -0.116. The van der Waals surface area contributed by atoms with Crippen LogP contribution in [0.25, 0.3) is 0 Å². The van der Waals surface area contributed by atoms with Crippen LogP contribution < -0.4 is 5.32 Å². The number of rotatable bonds is 2. The van der Waals surface area contributed by atoms with Crippen molar-refractivity contribution >= 4 is 11.7 Å². The maximum atomic E-state index is 12.1. The Morgan fingerprint density at radius 1 is 1.17 bits per heavy atom. The van der Waals surface area contributed by atoms with Crippen LogP contribution in [0.1, 0.15) is 80.9 Å². The van der Waals surface area contributed by atoms with E-state index in [0.29, 0.717) is 18.2 Å². The Kier molecular flexibility index (Phi) is 3.11. The smallest absolute Gasteiger partial charge is 0.226 e. The Hall–Kier alpha value is -2.11. The lowest BCUT2D eigenvalue weighted by Gasteiger charge is -2.28. The summed E-state index contributed by atoms with van der Waals surface area (Å²) in [6.45, 7) is 6.43. The van der Waals surface area contributed by atoms with Crippen LogP contribution in [0.5, 0.6) is 0 Å². The molecule has 1 amide bonds.